The van der Waals surface area contributed by atoms with Crippen LogP contribution in [0.25, 0.3) is 17.1 Å². The molecule has 0 bridgehead atoms. The SMILES string of the molecule is Cn1ccc(-c2ncc(NC(=O)c3cnn(-c4cccc(N)c4SN)c3C(F)(F)F)cc2Cl)n1. The number of aryl methyl sites for hydroxylation is 1. The number of nitrogen functional groups attached to an aromatic ring is 1. The zero-order valence-corrected chi connectivity index (χ0v) is 18.9. The summed E-state index contributed by atoms with van der Waals surface area (Å²) in [5.41, 5.74) is 4.97. The molecule has 14 heteroatoms. The Kier molecular flexibility index (Phi) is 6.25. The zero-order valence-electron chi connectivity index (χ0n) is 17.3. The van der Waals surface area contributed by atoms with Crippen molar-refractivity contribution in [3.8, 4) is 17.1 Å². The molecule has 0 unspecified atom stereocenters. The van der Waals surface area contributed by atoms with Crippen LogP contribution in [-0.4, -0.2) is 30.5 Å². The van der Waals surface area contributed by atoms with E-state index in [1.54, 1.807) is 24.0 Å². The van der Waals surface area contributed by atoms with Gasteiger partial charge in [-0.15, -0.1) is 0 Å². The Balaban J connectivity index is 1.70. The second kappa shape index (κ2) is 9.00. The van der Waals surface area contributed by atoms with E-state index < -0.39 is 23.3 Å². The Morgan fingerprint density at radius 3 is 2.62 bits per heavy atom. The minimum Gasteiger partial charge on any atom is -0.398 e. The van der Waals surface area contributed by atoms with Crippen molar-refractivity contribution in [3.63, 3.8) is 0 Å². The van der Waals surface area contributed by atoms with Crippen molar-refractivity contribution in [3.05, 3.63) is 65.2 Å². The van der Waals surface area contributed by atoms with Gasteiger partial charge in [0.15, 0.2) is 5.69 Å². The van der Waals surface area contributed by atoms with Crippen molar-refractivity contribution in [2.24, 2.45) is 12.2 Å². The van der Waals surface area contributed by atoms with E-state index >= 15 is 0 Å². The lowest BCUT2D eigenvalue weighted by molar-refractivity contribution is -0.143. The van der Waals surface area contributed by atoms with Gasteiger partial charge in [0, 0.05) is 18.9 Å². The van der Waals surface area contributed by atoms with Crippen molar-refractivity contribution in [2.45, 2.75) is 11.1 Å². The maximum atomic E-state index is 14.0. The molecule has 5 N–H and O–H groups in total. The van der Waals surface area contributed by atoms with E-state index in [0.29, 0.717) is 28.0 Å². The average molecular weight is 509 g/mol. The third-order valence-electron chi connectivity index (χ3n) is 4.71. The number of hydrogen-bond donors (Lipinski definition) is 3. The van der Waals surface area contributed by atoms with E-state index in [4.69, 9.17) is 22.5 Å². The van der Waals surface area contributed by atoms with Gasteiger partial charge in [-0.1, -0.05) is 17.7 Å². The molecule has 0 saturated heterocycles. The van der Waals surface area contributed by atoms with E-state index in [9.17, 15) is 18.0 Å². The van der Waals surface area contributed by atoms with Gasteiger partial charge in [0.25, 0.3) is 5.91 Å². The first kappa shape index (κ1) is 23.6. The maximum absolute atomic E-state index is 14.0. The number of carbonyl (C=O) groups is 1. The number of alkyl halides is 3. The molecule has 0 aliphatic heterocycles. The Hall–Kier alpha value is -3.55. The number of nitrogens with one attached hydrogen (secondary N) is 1. The number of pyridine rings is 1. The molecule has 1 amide bonds. The lowest BCUT2D eigenvalue weighted by atomic mass is 10.2. The molecule has 3 heterocycles. The highest BCUT2D eigenvalue weighted by atomic mass is 35.5. The third kappa shape index (κ3) is 4.44. The van der Waals surface area contributed by atoms with Crippen LogP contribution in [0, 0.1) is 0 Å². The highest BCUT2D eigenvalue weighted by Crippen LogP contribution is 2.37. The van der Waals surface area contributed by atoms with E-state index in [2.05, 4.69) is 20.5 Å². The molecule has 0 aliphatic carbocycles. The van der Waals surface area contributed by atoms with E-state index in [1.165, 1.54) is 30.5 Å². The fourth-order valence-corrected chi connectivity index (χ4v) is 3.98. The molecule has 176 valence electrons. The molecule has 1 aromatic carbocycles. The standard InChI is InChI=1S/C20H16ClF3N8OS/c1-31-6-5-14(30-31)16-12(21)7-10(8-27-16)29-19(33)11-9-28-32(18(11)20(22,23)24)15-4-2-3-13(25)17(15)34-26/h2-9H,25-26H2,1H3,(H,29,33). The number of nitrogens with zero attached hydrogens (tertiary/aromatic N) is 5. The van der Waals surface area contributed by atoms with E-state index in [0.717, 1.165) is 6.20 Å². The number of anilines is 2. The van der Waals surface area contributed by atoms with Crippen LogP contribution in [-0.2, 0) is 13.2 Å². The molecule has 34 heavy (non-hydrogen) atoms. The lowest BCUT2D eigenvalue weighted by Gasteiger charge is -2.15. The predicted molar refractivity (Wildman–Crippen MR) is 122 cm³/mol. The summed E-state index contributed by atoms with van der Waals surface area (Å²) in [6.45, 7) is 0. The molecule has 0 saturated carbocycles. The van der Waals surface area contributed by atoms with Crippen LogP contribution in [0.5, 0.6) is 0 Å². The molecule has 4 rings (SSSR count). The Bertz CT molecular complexity index is 1380. The van der Waals surface area contributed by atoms with Gasteiger partial charge in [0.05, 0.1) is 39.3 Å². The molecule has 0 spiro atoms. The van der Waals surface area contributed by atoms with E-state index in [-0.39, 0.29) is 27.0 Å². The summed E-state index contributed by atoms with van der Waals surface area (Å²) >= 11 is 6.93. The van der Waals surface area contributed by atoms with Crippen LogP contribution >= 0.6 is 23.5 Å². The summed E-state index contributed by atoms with van der Waals surface area (Å²) in [6, 6.07) is 7.39. The first-order valence-electron chi connectivity index (χ1n) is 9.48. The third-order valence-corrected chi connectivity index (χ3v) is 5.68. The number of halogens is 4. The van der Waals surface area contributed by atoms with Crippen LogP contribution < -0.4 is 16.2 Å². The molecular formula is C20H16ClF3N8OS. The largest absolute Gasteiger partial charge is 0.434 e. The van der Waals surface area contributed by atoms with Gasteiger partial charge < -0.3 is 11.1 Å². The van der Waals surface area contributed by atoms with Crippen molar-refractivity contribution >= 4 is 40.8 Å². The van der Waals surface area contributed by atoms with Gasteiger partial charge >= 0.3 is 6.18 Å². The number of aromatic nitrogens is 5. The quantitative estimate of drug-likeness (QED) is 0.273. The first-order chi connectivity index (χ1) is 16.1. The summed E-state index contributed by atoms with van der Waals surface area (Å²) in [4.78, 5) is 17.2. The zero-order chi connectivity index (χ0) is 24.6. The molecule has 0 atom stereocenters. The second-order valence-corrected chi connectivity index (χ2v) is 8.06. The number of rotatable bonds is 5. The Morgan fingerprint density at radius 2 is 2.00 bits per heavy atom. The Morgan fingerprint density at radius 1 is 1.24 bits per heavy atom. The predicted octanol–water partition coefficient (Wildman–Crippen LogP) is 4.14. The number of carbonyl (C=O) groups excluding carboxylic acids is 1. The van der Waals surface area contributed by atoms with Gasteiger partial charge in [-0.25, -0.2) is 4.68 Å². The first-order valence-corrected chi connectivity index (χ1v) is 10.7. The van der Waals surface area contributed by atoms with E-state index in [1.807, 2.05) is 0 Å². The van der Waals surface area contributed by atoms with Crippen LogP contribution in [0.2, 0.25) is 5.02 Å². The number of hydrogen-bond acceptors (Lipinski definition) is 7. The summed E-state index contributed by atoms with van der Waals surface area (Å²) in [7, 11) is 1.73. The second-order valence-electron chi connectivity index (χ2n) is 7.01. The number of nitrogens with two attached hydrogens (primary N) is 2. The fourth-order valence-electron chi connectivity index (χ4n) is 3.24. The molecule has 4 aromatic rings. The monoisotopic (exact) mass is 508 g/mol. The van der Waals surface area contributed by atoms with Crippen molar-refractivity contribution in [2.75, 3.05) is 11.1 Å². The number of amides is 1. The Labute approximate surface area is 200 Å². The summed E-state index contributed by atoms with van der Waals surface area (Å²) in [5, 5.41) is 16.1. The van der Waals surface area contributed by atoms with Crippen molar-refractivity contribution in [1.82, 2.24) is 24.5 Å². The summed E-state index contributed by atoms with van der Waals surface area (Å²) in [6.07, 6.45) is -1.12. The van der Waals surface area contributed by atoms with Crippen molar-refractivity contribution < 1.29 is 18.0 Å². The molecule has 0 aliphatic rings. The van der Waals surface area contributed by atoms with Crippen LogP contribution in [0.15, 0.2) is 53.8 Å². The fraction of sp³-hybridized carbons (Fsp3) is 0.100. The molecule has 0 radical (unpaired) electrons. The van der Waals surface area contributed by atoms with Crippen LogP contribution in [0.3, 0.4) is 0 Å². The lowest BCUT2D eigenvalue weighted by Crippen LogP contribution is -2.21. The minimum absolute atomic E-state index is 0.0108. The van der Waals surface area contributed by atoms with Gasteiger partial charge in [-0.3, -0.25) is 19.6 Å². The highest BCUT2D eigenvalue weighted by molar-refractivity contribution is 7.97. The normalized spacial score (nSPS) is 11.6. The molecular weight excluding hydrogens is 493 g/mol. The van der Waals surface area contributed by atoms with Gasteiger partial charge in [-0.05, 0) is 36.2 Å². The van der Waals surface area contributed by atoms with Gasteiger partial charge in [0.2, 0.25) is 0 Å². The number of benzene rings is 1. The maximum Gasteiger partial charge on any atom is 0.434 e. The van der Waals surface area contributed by atoms with Gasteiger partial charge in [0.1, 0.15) is 11.4 Å². The molecule has 9 nitrogen and oxygen atoms in total. The van der Waals surface area contributed by atoms with Gasteiger partial charge in [-0.2, -0.15) is 23.4 Å². The smallest absolute Gasteiger partial charge is 0.398 e. The summed E-state index contributed by atoms with van der Waals surface area (Å²) < 4.78 is 44.2. The average Bonchev–Trinajstić information content (AvgIpc) is 3.40. The topological polar surface area (TPSA) is 130 Å². The van der Waals surface area contributed by atoms with Crippen molar-refractivity contribution in [1.29, 1.82) is 0 Å². The molecule has 3 aromatic heterocycles. The highest BCUT2D eigenvalue weighted by Gasteiger charge is 2.41. The minimum atomic E-state index is -4.91. The van der Waals surface area contributed by atoms with Crippen LogP contribution in [0.1, 0.15) is 16.1 Å². The molecule has 0 fully saturated rings. The van der Waals surface area contributed by atoms with Crippen LogP contribution in [0.4, 0.5) is 24.5 Å². The summed E-state index contributed by atoms with van der Waals surface area (Å²) in [5.74, 6) is -1.05.